The lowest BCUT2D eigenvalue weighted by Crippen LogP contribution is -2.34. The van der Waals surface area contributed by atoms with Crippen molar-refractivity contribution in [1.82, 2.24) is 10.6 Å². The van der Waals surface area contributed by atoms with E-state index in [0.717, 1.165) is 6.42 Å². The molecule has 0 aromatic heterocycles. The highest BCUT2D eigenvalue weighted by atomic mass is 16.4. The van der Waals surface area contributed by atoms with E-state index >= 15 is 0 Å². The Balaban J connectivity index is 3.55. The second-order valence-corrected chi connectivity index (χ2v) is 3.71. The van der Waals surface area contributed by atoms with Gasteiger partial charge in [-0.3, -0.25) is 4.79 Å². The zero-order valence-corrected chi connectivity index (χ0v) is 9.88. The quantitative estimate of drug-likeness (QED) is 0.418. The number of carboxylic acids is 1. The molecule has 5 nitrogen and oxygen atoms in total. The minimum Gasteiger partial charge on any atom is -0.478 e. The molecular formula is C11H20N2O3. The smallest absolute Gasteiger partial charge is 0.332 e. The van der Waals surface area contributed by atoms with Crippen molar-refractivity contribution in [3.05, 3.63) is 12.2 Å². The summed E-state index contributed by atoms with van der Waals surface area (Å²) in [6.07, 6.45) is 1.24. The van der Waals surface area contributed by atoms with Crippen LogP contribution in [0.15, 0.2) is 12.2 Å². The highest BCUT2D eigenvalue weighted by Gasteiger charge is 2.06. The summed E-state index contributed by atoms with van der Waals surface area (Å²) >= 11 is 0. The number of rotatable bonds is 8. The van der Waals surface area contributed by atoms with Crippen molar-refractivity contribution in [3.63, 3.8) is 0 Å². The summed E-state index contributed by atoms with van der Waals surface area (Å²) in [4.78, 5) is 21.7. The van der Waals surface area contributed by atoms with E-state index in [2.05, 4.69) is 17.2 Å². The van der Waals surface area contributed by atoms with Gasteiger partial charge >= 0.3 is 5.97 Å². The number of nitrogens with one attached hydrogen (secondary N) is 2. The lowest BCUT2D eigenvalue weighted by atomic mass is 10.2. The maximum Gasteiger partial charge on any atom is 0.332 e. The summed E-state index contributed by atoms with van der Waals surface area (Å²) in [5.41, 5.74) is 0.0994. The standard InChI is InChI=1S/C11H20N2O3/c1-4-9(3)13-10(14)5-6-12-7-8(2)11(15)16/h9,12H,2,4-7H2,1,3H3,(H,13,14)(H,15,16). The minimum absolute atomic E-state index is 0.0252. The average molecular weight is 228 g/mol. The van der Waals surface area contributed by atoms with Gasteiger partial charge in [0.25, 0.3) is 0 Å². The van der Waals surface area contributed by atoms with Crippen LogP contribution < -0.4 is 10.6 Å². The minimum atomic E-state index is -1.02. The van der Waals surface area contributed by atoms with E-state index < -0.39 is 5.97 Å². The first kappa shape index (κ1) is 14.6. The molecule has 92 valence electrons. The molecule has 0 saturated carbocycles. The zero-order valence-electron chi connectivity index (χ0n) is 9.88. The largest absolute Gasteiger partial charge is 0.478 e. The summed E-state index contributed by atoms with van der Waals surface area (Å²) in [7, 11) is 0. The number of aliphatic carboxylic acids is 1. The number of hydrogen-bond acceptors (Lipinski definition) is 3. The van der Waals surface area contributed by atoms with Crippen LogP contribution in [0.1, 0.15) is 26.7 Å². The molecule has 0 aliphatic carbocycles. The molecule has 1 atom stereocenters. The average Bonchev–Trinajstić information content (AvgIpc) is 2.23. The lowest BCUT2D eigenvalue weighted by Gasteiger charge is -2.11. The van der Waals surface area contributed by atoms with Gasteiger partial charge in [0, 0.05) is 31.1 Å². The fraction of sp³-hybridized carbons (Fsp3) is 0.636. The first-order valence-corrected chi connectivity index (χ1v) is 5.38. The van der Waals surface area contributed by atoms with E-state index in [0.29, 0.717) is 13.0 Å². The highest BCUT2D eigenvalue weighted by molar-refractivity contribution is 5.86. The molecule has 0 saturated heterocycles. The van der Waals surface area contributed by atoms with Crippen LogP contribution in [0.25, 0.3) is 0 Å². The van der Waals surface area contributed by atoms with E-state index in [9.17, 15) is 9.59 Å². The normalized spacial score (nSPS) is 11.9. The summed E-state index contributed by atoms with van der Waals surface area (Å²) in [5, 5.41) is 14.2. The number of carbonyl (C=O) groups is 2. The van der Waals surface area contributed by atoms with Gasteiger partial charge in [-0.2, -0.15) is 0 Å². The number of hydrogen-bond donors (Lipinski definition) is 3. The third-order valence-corrected chi connectivity index (χ3v) is 2.19. The molecule has 0 heterocycles. The van der Waals surface area contributed by atoms with Crippen molar-refractivity contribution in [2.45, 2.75) is 32.7 Å². The van der Waals surface area contributed by atoms with Gasteiger partial charge in [-0.15, -0.1) is 0 Å². The molecule has 0 bridgehead atoms. The predicted octanol–water partition coefficient (Wildman–Crippen LogP) is 0.522. The lowest BCUT2D eigenvalue weighted by molar-refractivity contribution is -0.132. The molecule has 0 rings (SSSR count). The first-order valence-electron chi connectivity index (χ1n) is 5.38. The first-order chi connectivity index (χ1) is 7.47. The van der Waals surface area contributed by atoms with Crippen molar-refractivity contribution in [1.29, 1.82) is 0 Å². The van der Waals surface area contributed by atoms with Crippen LogP contribution in [0, 0.1) is 0 Å². The molecule has 16 heavy (non-hydrogen) atoms. The Bertz CT molecular complexity index is 264. The molecular weight excluding hydrogens is 208 g/mol. The van der Waals surface area contributed by atoms with E-state index in [1.165, 1.54) is 0 Å². The SMILES string of the molecule is C=C(CNCCC(=O)NC(C)CC)C(=O)O. The maximum atomic E-state index is 11.3. The van der Waals surface area contributed by atoms with Gasteiger partial charge < -0.3 is 15.7 Å². The third-order valence-electron chi connectivity index (χ3n) is 2.19. The zero-order chi connectivity index (χ0) is 12.6. The molecule has 0 aliphatic rings. The van der Waals surface area contributed by atoms with Crippen LogP contribution in [0.2, 0.25) is 0 Å². The molecule has 5 heteroatoms. The topological polar surface area (TPSA) is 78.4 Å². The van der Waals surface area contributed by atoms with Crippen molar-refractivity contribution in [3.8, 4) is 0 Å². The Morgan fingerprint density at radius 2 is 2.06 bits per heavy atom. The van der Waals surface area contributed by atoms with E-state index in [1.807, 2.05) is 13.8 Å². The van der Waals surface area contributed by atoms with Crippen molar-refractivity contribution >= 4 is 11.9 Å². The third kappa shape index (κ3) is 7.00. The van der Waals surface area contributed by atoms with Crippen LogP contribution >= 0.6 is 0 Å². The fourth-order valence-electron chi connectivity index (χ4n) is 0.966. The number of carbonyl (C=O) groups excluding carboxylic acids is 1. The fourth-order valence-corrected chi connectivity index (χ4v) is 0.966. The number of carboxylic acid groups (broad SMARTS) is 1. The van der Waals surface area contributed by atoms with Crippen molar-refractivity contribution in [2.75, 3.05) is 13.1 Å². The van der Waals surface area contributed by atoms with E-state index in [1.54, 1.807) is 0 Å². The van der Waals surface area contributed by atoms with Crippen LogP contribution in [-0.2, 0) is 9.59 Å². The van der Waals surface area contributed by atoms with Gasteiger partial charge in [-0.1, -0.05) is 13.5 Å². The van der Waals surface area contributed by atoms with Gasteiger partial charge in [-0.25, -0.2) is 4.79 Å². The second kappa shape index (κ2) is 7.87. The molecule has 1 unspecified atom stereocenters. The van der Waals surface area contributed by atoms with Crippen LogP contribution in [-0.4, -0.2) is 36.1 Å². The molecule has 0 spiro atoms. The molecule has 3 N–H and O–H groups in total. The summed E-state index contributed by atoms with van der Waals surface area (Å²) in [5.74, 6) is -1.04. The Morgan fingerprint density at radius 1 is 1.44 bits per heavy atom. The van der Waals surface area contributed by atoms with Gasteiger partial charge in [0.2, 0.25) is 5.91 Å². The molecule has 1 amide bonds. The van der Waals surface area contributed by atoms with Crippen molar-refractivity contribution in [2.24, 2.45) is 0 Å². The van der Waals surface area contributed by atoms with Crippen molar-refractivity contribution < 1.29 is 14.7 Å². The molecule has 0 aromatic carbocycles. The van der Waals surface area contributed by atoms with Gasteiger partial charge in [0.05, 0.1) is 0 Å². The Hall–Kier alpha value is -1.36. The van der Waals surface area contributed by atoms with Crippen LogP contribution in [0.4, 0.5) is 0 Å². The van der Waals surface area contributed by atoms with Gasteiger partial charge in [0.1, 0.15) is 0 Å². The summed E-state index contributed by atoms with van der Waals surface area (Å²) in [6, 6.07) is 0.182. The van der Waals surface area contributed by atoms with E-state index in [4.69, 9.17) is 5.11 Å². The molecule has 0 fully saturated rings. The Labute approximate surface area is 95.9 Å². The summed E-state index contributed by atoms with van der Waals surface area (Å²) in [6.45, 7) is 7.97. The predicted molar refractivity (Wildman–Crippen MR) is 62.2 cm³/mol. The molecule has 0 radical (unpaired) electrons. The molecule has 0 aliphatic heterocycles. The van der Waals surface area contributed by atoms with Crippen LogP contribution in [0.3, 0.4) is 0 Å². The molecule has 0 aromatic rings. The van der Waals surface area contributed by atoms with E-state index in [-0.39, 0.29) is 24.1 Å². The Morgan fingerprint density at radius 3 is 2.56 bits per heavy atom. The second-order valence-electron chi connectivity index (χ2n) is 3.71. The monoisotopic (exact) mass is 228 g/mol. The maximum absolute atomic E-state index is 11.3. The van der Waals surface area contributed by atoms with Crippen LogP contribution in [0.5, 0.6) is 0 Å². The van der Waals surface area contributed by atoms with Gasteiger partial charge in [-0.05, 0) is 13.3 Å². The summed E-state index contributed by atoms with van der Waals surface area (Å²) < 4.78 is 0. The Kier molecular flexibility index (Phi) is 7.20. The number of amides is 1. The van der Waals surface area contributed by atoms with Gasteiger partial charge in [0.15, 0.2) is 0 Å². The highest BCUT2D eigenvalue weighted by Crippen LogP contribution is 1.90.